The summed E-state index contributed by atoms with van der Waals surface area (Å²) in [6.45, 7) is 3.97. The molecule has 0 radical (unpaired) electrons. The summed E-state index contributed by atoms with van der Waals surface area (Å²) < 4.78 is 11.1. The molecule has 1 atom stereocenters. The van der Waals surface area contributed by atoms with Crippen LogP contribution in [0.2, 0.25) is 0 Å². The Morgan fingerprint density at radius 1 is 1.29 bits per heavy atom. The van der Waals surface area contributed by atoms with Crippen LogP contribution in [0.4, 0.5) is 0 Å². The molecule has 2 aliphatic rings. The summed E-state index contributed by atoms with van der Waals surface area (Å²) in [5.74, 6) is 1.75. The van der Waals surface area contributed by atoms with Crippen molar-refractivity contribution in [2.45, 2.75) is 38.3 Å². The molecule has 1 unspecified atom stereocenters. The lowest BCUT2D eigenvalue weighted by Crippen LogP contribution is -2.30. The fourth-order valence-corrected chi connectivity index (χ4v) is 2.38. The highest BCUT2D eigenvalue weighted by Gasteiger charge is 2.22. The minimum Gasteiger partial charge on any atom is -0.486 e. The second-order valence-corrected chi connectivity index (χ2v) is 5.67. The lowest BCUT2D eigenvalue weighted by molar-refractivity contribution is -0.121. The van der Waals surface area contributed by atoms with Crippen molar-refractivity contribution in [3.8, 4) is 11.5 Å². The first-order valence-corrected chi connectivity index (χ1v) is 7.64. The predicted octanol–water partition coefficient (Wildman–Crippen LogP) is 1.78. The summed E-state index contributed by atoms with van der Waals surface area (Å²) in [5, 5.41) is 6.37. The third kappa shape index (κ3) is 3.88. The number of nitrogens with one attached hydrogen (secondary N) is 2. The maximum atomic E-state index is 11.6. The maximum absolute atomic E-state index is 11.6. The number of hydrogen-bond acceptors (Lipinski definition) is 4. The molecule has 3 rings (SSSR count). The monoisotopic (exact) mass is 290 g/mol. The quantitative estimate of drug-likeness (QED) is 0.838. The van der Waals surface area contributed by atoms with Crippen molar-refractivity contribution in [1.29, 1.82) is 0 Å². The fourth-order valence-electron chi connectivity index (χ4n) is 2.38. The molecule has 1 saturated carbocycles. The van der Waals surface area contributed by atoms with E-state index in [2.05, 4.69) is 17.6 Å². The molecule has 0 spiro atoms. The molecule has 1 aromatic carbocycles. The van der Waals surface area contributed by atoms with Crippen LogP contribution in [0, 0.1) is 0 Å². The number of carbonyl (C=O) groups excluding carboxylic acids is 1. The van der Waals surface area contributed by atoms with Crippen LogP contribution in [0.5, 0.6) is 11.5 Å². The SMILES string of the molecule is CC(NCCC(=O)NC1CC1)c1ccc2c(c1)OCCO2. The van der Waals surface area contributed by atoms with Gasteiger partial charge in [-0.3, -0.25) is 4.79 Å². The van der Waals surface area contributed by atoms with Crippen molar-refractivity contribution in [3.63, 3.8) is 0 Å². The van der Waals surface area contributed by atoms with E-state index in [0.29, 0.717) is 32.2 Å². The molecule has 5 heteroatoms. The number of amides is 1. The molecule has 5 nitrogen and oxygen atoms in total. The van der Waals surface area contributed by atoms with Gasteiger partial charge in [0, 0.05) is 25.0 Å². The molecular weight excluding hydrogens is 268 g/mol. The molecule has 1 heterocycles. The predicted molar refractivity (Wildman–Crippen MR) is 79.6 cm³/mol. The third-order valence-electron chi connectivity index (χ3n) is 3.81. The van der Waals surface area contributed by atoms with Gasteiger partial charge in [-0.05, 0) is 37.5 Å². The average molecular weight is 290 g/mol. The molecule has 0 aromatic heterocycles. The van der Waals surface area contributed by atoms with Gasteiger partial charge in [0.15, 0.2) is 11.5 Å². The highest BCUT2D eigenvalue weighted by molar-refractivity contribution is 5.76. The van der Waals surface area contributed by atoms with Gasteiger partial charge in [-0.1, -0.05) is 6.07 Å². The van der Waals surface area contributed by atoms with Gasteiger partial charge in [-0.2, -0.15) is 0 Å². The van der Waals surface area contributed by atoms with Crippen molar-refractivity contribution < 1.29 is 14.3 Å². The first-order chi connectivity index (χ1) is 10.2. The van der Waals surface area contributed by atoms with E-state index < -0.39 is 0 Å². The molecule has 21 heavy (non-hydrogen) atoms. The molecule has 1 amide bonds. The summed E-state index contributed by atoms with van der Waals surface area (Å²) >= 11 is 0. The molecule has 1 aliphatic heterocycles. The Bertz CT molecular complexity index is 514. The zero-order valence-corrected chi connectivity index (χ0v) is 12.4. The minimum absolute atomic E-state index is 0.138. The average Bonchev–Trinajstić information content (AvgIpc) is 3.30. The summed E-state index contributed by atoms with van der Waals surface area (Å²) in [6, 6.07) is 6.61. The van der Waals surface area contributed by atoms with Gasteiger partial charge in [0.2, 0.25) is 5.91 Å². The Morgan fingerprint density at radius 3 is 2.81 bits per heavy atom. The molecule has 0 saturated heterocycles. The molecular formula is C16H22N2O3. The van der Waals surface area contributed by atoms with E-state index in [1.807, 2.05) is 18.2 Å². The minimum atomic E-state index is 0.138. The van der Waals surface area contributed by atoms with Crippen molar-refractivity contribution in [1.82, 2.24) is 10.6 Å². The van der Waals surface area contributed by atoms with E-state index in [4.69, 9.17) is 9.47 Å². The smallest absolute Gasteiger partial charge is 0.221 e. The van der Waals surface area contributed by atoms with Crippen LogP contribution in [0.15, 0.2) is 18.2 Å². The first-order valence-electron chi connectivity index (χ1n) is 7.64. The first kappa shape index (κ1) is 14.2. The van der Waals surface area contributed by atoms with Crippen molar-refractivity contribution in [3.05, 3.63) is 23.8 Å². The third-order valence-corrected chi connectivity index (χ3v) is 3.81. The van der Waals surface area contributed by atoms with E-state index in [-0.39, 0.29) is 11.9 Å². The fraction of sp³-hybridized carbons (Fsp3) is 0.562. The molecule has 1 aliphatic carbocycles. The largest absolute Gasteiger partial charge is 0.486 e. The Kier molecular flexibility index (Phi) is 4.29. The van der Waals surface area contributed by atoms with Gasteiger partial charge in [-0.15, -0.1) is 0 Å². The zero-order chi connectivity index (χ0) is 14.7. The van der Waals surface area contributed by atoms with Crippen LogP contribution in [0.1, 0.15) is 37.8 Å². The highest BCUT2D eigenvalue weighted by atomic mass is 16.6. The molecule has 0 bridgehead atoms. The Labute approximate surface area is 125 Å². The Balaban J connectivity index is 1.48. The molecule has 2 N–H and O–H groups in total. The maximum Gasteiger partial charge on any atom is 0.221 e. The van der Waals surface area contributed by atoms with E-state index in [1.165, 1.54) is 0 Å². The molecule has 1 aromatic rings. The summed E-state index contributed by atoms with van der Waals surface area (Å²) in [5.41, 5.74) is 1.14. The van der Waals surface area contributed by atoms with Gasteiger partial charge in [0.1, 0.15) is 13.2 Å². The normalized spacial score (nSPS) is 18.1. The summed E-state index contributed by atoms with van der Waals surface area (Å²) in [4.78, 5) is 11.6. The second kappa shape index (κ2) is 6.35. The second-order valence-electron chi connectivity index (χ2n) is 5.67. The number of rotatable bonds is 6. The summed E-state index contributed by atoms with van der Waals surface area (Å²) in [7, 11) is 0. The molecule has 114 valence electrons. The Hall–Kier alpha value is -1.75. The van der Waals surface area contributed by atoms with Crippen LogP contribution in [0.25, 0.3) is 0 Å². The van der Waals surface area contributed by atoms with Crippen LogP contribution < -0.4 is 20.1 Å². The van der Waals surface area contributed by atoms with Crippen molar-refractivity contribution in [2.24, 2.45) is 0 Å². The number of ether oxygens (including phenoxy) is 2. The van der Waals surface area contributed by atoms with Gasteiger partial charge >= 0.3 is 0 Å². The number of carbonyl (C=O) groups is 1. The van der Waals surface area contributed by atoms with E-state index in [0.717, 1.165) is 29.9 Å². The van der Waals surface area contributed by atoms with Gasteiger partial charge in [0.25, 0.3) is 0 Å². The van der Waals surface area contributed by atoms with Crippen LogP contribution in [-0.2, 0) is 4.79 Å². The van der Waals surface area contributed by atoms with Crippen LogP contribution in [0.3, 0.4) is 0 Å². The van der Waals surface area contributed by atoms with Gasteiger partial charge in [0.05, 0.1) is 0 Å². The highest BCUT2D eigenvalue weighted by Crippen LogP contribution is 2.32. The Morgan fingerprint density at radius 2 is 2.05 bits per heavy atom. The van der Waals surface area contributed by atoms with Crippen molar-refractivity contribution >= 4 is 5.91 Å². The van der Waals surface area contributed by atoms with E-state index >= 15 is 0 Å². The number of hydrogen-bond donors (Lipinski definition) is 2. The standard InChI is InChI=1S/C16H22N2O3/c1-11(17-7-6-16(19)18-13-3-4-13)12-2-5-14-15(10-12)21-9-8-20-14/h2,5,10-11,13,17H,3-4,6-9H2,1H3,(H,18,19). The van der Waals surface area contributed by atoms with Gasteiger partial charge < -0.3 is 20.1 Å². The van der Waals surface area contributed by atoms with E-state index in [1.54, 1.807) is 0 Å². The van der Waals surface area contributed by atoms with Gasteiger partial charge in [-0.25, -0.2) is 0 Å². The molecule has 1 fully saturated rings. The lowest BCUT2D eigenvalue weighted by Gasteiger charge is -2.21. The summed E-state index contributed by atoms with van der Waals surface area (Å²) in [6.07, 6.45) is 2.78. The zero-order valence-electron chi connectivity index (χ0n) is 12.4. The number of fused-ring (bicyclic) bond motifs is 1. The number of benzene rings is 1. The van der Waals surface area contributed by atoms with E-state index in [9.17, 15) is 4.79 Å². The van der Waals surface area contributed by atoms with Crippen molar-refractivity contribution in [2.75, 3.05) is 19.8 Å². The topological polar surface area (TPSA) is 59.6 Å². The van der Waals surface area contributed by atoms with Crippen LogP contribution in [-0.4, -0.2) is 31.7 Å². The lowest BCUT2D eigenvalue weighted by atomic mass is 10.1. The van der Waals surface area contributed by atoms with Crippen LogP contribution >= 0.6 is 0 Å².